The second-order valence-corrected chi connectivity index (χ2v) is 4.68. The number of aliphatic carboxylic acids is 1. The minimum Gasteiger partial charge on any atom is -0.480 e. The number of nitrogens with zero attached hydrogens (tertiary/aromatic N) is 1. The van der Waals surface area contributed by atoms with Crippen LogP contribution >= 0.6 is 0 Å². The van der Waals surface area contributed by atoms with Gasteiger partial charge in [-0.1, -0.05) is 13.8 Å². The fraction of sp³-hybridized carbons (Fsp3) is 0.833. The molecule has 0 aromatic rings. The van der Waals surface area contributed by atoms with E-state index in [-0.39, 0.29) is 18.6 Å². The molecule has 17 heavy (non-hydrogen) atoms. The van der Waals surface area contributed by atoms with Gasteiger partial charge in [0.15, 0.2) is 0 Å². The molecule has 5 heteroatoms. The van der Waals surface area contributed by atoms with E-state index in [2.05, 4.69) is 5.32 Å². The molecule has 5 nitrogen and oxygen atoms in total. The molecule has 1 aliphatic rings. The Bertz CT molecular complexity index is 273. The molecule has 2 amide bonds. The predicted molar refractivity (Wildman–Crippen MR) is 64.8 cm³/mol. The Labute approximate surface area is 102 Å². The van der Waals surface area contributed by atoms with Crippen molar-refractivity contribution in [3.05, 3.63) is 0 Å². The predicted octanol–water partition coefficient (Wildman–Crippen LogP) is 1.68. The summed E-state index contributed by atoms with van der Waals surface area (Å²) in [5.74, 6) is -0.452. The first-order chi connectivity index (χ1) is 8.06. The number of carbonyl (C=O) groups is 2. The van der Waals surface area contributed by atoms with Gasteiger partial charge in [0.05, 0.1) is 0 Å². The van der Waals surface area contributed by atoms with Crippen LogP contribution in [0.2, 0.25) is 0 Å². The third kappa shape index (κ3) is 5.06. The molecule has 0 aliphatic heterocycles. The second kappa shape index (κ2) is 6.47. The highest BCUT2D eigenvalue weighted by atomic mass is 16.4. The van der Waals surface area contributed by atoms with Gasteiger partial charge in [-0.05, 0) is 31.6 Å². The SMILES string of the molecule is CCC(CC)NC(=O)N(CC(=O)O)CC1CC1. The van der Waals surface area contributed by atoms with Crippen LogP contribution in [-0.2, 0) is 4.79 Å². The average molecular weight is 242 g/mol. The Balaban J connectivity index is 2.48. The smallest absolute Gasteiger partial charge is 0.323 e. The maximum atomic E-state index is 11.9. The van der Waals surface area contributed by atoms with Crippen LogP contribution < -0.4 is 5.32 Å². The lowest BCUT2D eigenvalue weighted by Crippen LogP contribution is -2.47. The van der Waals surface area contributed by atoms with Crippen LogP contribution in [-0.4, -0.2) is 41.1 Å². The molecule has 0 bridgehead atoms. The standard InChI is InChI=1S/C12H22N2O3/c1-3-10(4-2)13-12(17)14(8-11(15)16)7-9-5-6-9/h9-10H,3-8H2,1-2H3,(H,13,17)(H,15,16). The summed E-state index contributed by atoms with van der Waals surface area (Å²) in [7, 11) is 0. The van der Waals surface area contributed by atoms with Crippen LogP contribution in [0.1, 0.15) is 39.5 Å². The van der Waals surface area contributed by atoms with Crippen molar-refractivity contribution < 1.29 is 14.7 Å². The van der Waals surface area contributed by atoms with E-state index in [9.17, 15) is 9.59 Å². The van der Waals surface area contributed by atoms with Crippen LogP contribution in [0.25, 0.3) is 0 Å². The Kier molecular flexibility index (Phi) is 5.25. The molecular weight excluding hydrogens is 220 g/mol. The highest BCUT2D eigenvalue weighted by molar-refractivity contribution is 5.80. The Hall–Kier alpha value is -1.26. The van der Waals surface area contributed by atoms with Gasteiger partial charge in [-0.3, -0.25) is 4.79 Å². The first-order valence-electron chi connectivity index (χ1n) is 6.34. The number of rotatable bonds is 7. The van der Waals surface area contributed by atoms with Gasteiger partial charge in [0.25, 0.3) is 0 Å². The van der Waals surface area contributed by atoms with E-state index in [0.717, 1.165) is 25.7 Å². The third-order valence-electron chi connectivity index (χ3n) is 3.10. The largest absolute Gasteiger partial charge is 0.480 e. The maximum Gasteiger partial charge on any atom is 0.323 e. The van der Waals surface area contributed by atoms with Gasteiger partial charge in [0.2, 0.25) is 0 Å². The lowest BCUT2D eigenvalue weighted by molar-refractivity contribution is -0.137. The molecule has 0 unspecified atom stereocenters. The molecule has 1 fully saturated rings. The Morgan fingerprint density at radius 3 is 2.35 bits per heavy atom. The van der Waals surface area contributed by atoms with Crippen molar-refractivity contribution in [2.24, 2.45) is 5.92 Å². The lowest BCUT2D eigenvalue weighted by atomic mass is 10.2. The molecule has 0 aromatic heterocycles. The highest BCUT2D eigenvalue weighted by Crippen LogP contribution is 2.29. The van der Waals surface area contributed by atoms with E-state index < -0.39 is 5.97 Å². The molecule has 98 valence electrons. The van der Waals surface area contributed by atoms with Crippen molar-refractivity contribution in [2.75, 3.05) is 13.1 Å². The van der Waals surface area contributed by atoms with Crippen molar-refractivity contribution in [3.63, 3.8) is 0 Å². The van der Waals surface area contributed by atoms with Crippen LogP contribution in [0.15, 0.2) is 0 Å². The van der Waals surface area contributed by atoms with Gasteiger partial charge in [-0.15, -0.1) is 0 Å². The number of carboxylic acid groups (broad SMARTS) is 1. The van der Waals surface area contributed by atoms with Gasteiger partial charge in [0.1, 0.15) is 6.54 Å². The number of nitrogens with one attached hydrogen (secondary N) is 1. The van der Waals surface area contributed by atoms with E-state index in [0.29, 0.717) is 12.5 Å². The topological polar surface area (TPSA) is 69.6 Å². The number of carbonyl (C=O) groups excluding carboxylic acids is 1. The minimum atomic E-state index is -0.953. The van der Waals surface area contributed by atoms with Gasteiger partial charge in [0, 0.05) is 12.6 Å². The lowest BCUT2D eigenvalue weighted by Gasteiger charge is -2.24. The van der Waals surface area contributed by atoms with Gasteiger partial charge in [-0.2, -0.15) is 0 Å². The number of carboxylic acids is 1. The summed E-state index contributed by atoms with van der Waals surface area (Å²) >= 11 is 0. The van der Waals surface area contributed by atoms with Crippen molar-refractivity contribution in [1.29, 1.82) is 0 Å². The molecule has 0 atom stereocenters. The van der Waals surface area contributed by atoms with Crippen LogP contribution in [0.4, 0.5) is 4.79 Å². The summed E-state index contributed by atoms with van der Waals surface area (Å²) in [6.07, 6.45) is 3.95. The second-order valence-electron chi connectivity index (χ2n) is 4.68. The molecule has 0 radical (unpaired) electrons. The first-order valence-corrected chi connectivity index (χ1v) is 6.34. The zero-order valence-corrected chi connectivity index (χ0v) is 10.6. The van der Waals surface area contributed by atoms with Crippen molar-refractivity contribution >= 4 is 12.0 Å². The van der Waals surface area contributed by atoms with Crippen molar-refractivity contribution in [1.82, 2.24) is 10.2 Å². The third-order valence-corrected chi connectivity index (χ3v) is 3.10. The number of hydrogen-bond acceptors (Lipinski definition) is 2. The normalized spacial score (nSPS) is 14.8. The number of urea groups is 1. The van der Waals surface area contributed by atoms with Crippen molar-refractivity contribution in [3.8, 4) is 0 Å². The van der Waals surface area contributed by atoms with Crippen LogP contribution in [0, 0.1) is 5.92 Å². The van der Waals surface area contributed by atoms with Crippen LogP contribution in [0.5, 0.6) is 0 Å². The molecule has 0 saturated heterocycles. The summed E-state index contributed by atoms with van der Waals surface area (Å²) in [5.41, 5.74) is 0. The quantitative estimate of drug-likeness (QED) is 0.713. The molecule has 2 N–H and O–H groups in total. The monoisotopic (exact) mass is 242 g/mol. The molecule has 0 heterocycles. The number of hydrogen-bond donors (Lipinski definition) is 2. The molecule has 1 rings (SSSR count). The van der Waals surface area contributed by atoms with E-state index >= 15 is 0 Å². The zero-order chi connectivity index (χ0) is 12.8. The summed E-state index contributed by atoms with van der Waals surface area (Å²) in [6, 6.07) is -0.106. The summed E-state index contributed by atoms with van der Waals surface area (Å²) in [5, 5.41) is 11.7. The van der Waals surface area contributed by atoms with E-state index in [4.69, 9.17) is 5.11 Å². The van der Waals surface area contributed by atoms with E-state index in [1.165, 1.54) is 4.90 Å². The minimum absolute atomic E-state index is 0.137. The zero-order valence-electron chi connectivity index (χ0n) is 10.6. The van der Waals surface area contributed by atoms with Crippen molar-refractivity contribution in [2.45, 2.75) is 45.6 Å². The molecule has 0 spiro atoms. The van der Waals surface area contributed by atoms with Gasteiger partial charge < -0.3 is 15.3 Å². The number of amides is 2. The summed E-state index contributed by atoms with van der Waals surface area (Å²) in [6.45, 7) is 4.38. The molecule has 1 saturated carbocycles. The molecule has 1 aliphatic carbocycles. The Morgan fingerprint density at radius 2 is 1.94 bits per heavy atom. The molecular formula is C12H22N2O3. The van der Waals surface area contributed by atoms with Gasteiger partial charge >= 0.3 is 12.0 Å². The fourth-order valence-corrected chi connectivity index (χ4v) is 1.75. The average Bonchev–Trinajstić information content (AvgIpc) is 3.07. The van der Waals surface area contributed by atoms with E-state index in [1.54, 1.807) is 0 Å². The summed E-state index contributed by atoms with van der Waals surface area (Å²) in [4.78, 5) is 24.1. The first kappa shape index (κ1) is 13.8. The summed E-state index contributed by atoms with van der Waals surface area (Å²) < 4.78 is 0. The Morgan fingerprint density at radius 1 is 1.35 bits per heavy atom. The molecule has 0 aromatic carbocycles. The van der Waals surface area contributed by atoms with E-state index in [1.807, 2.05) is 13.8 Å². The van der Waals surface area contributed by atoms with Gasteiger partial charge in [-0.25, -0.2) is 4.79 Å². The maximum absolute atomic E-state index is 11.9. The fourth-order valence-electron chi connectivity index (χ4n) is 1.75. The highest BCUT2D eigenvalue weighted by Gasteiger charge is 2.28. The van der Waals surface area contributed by atoms with Crippen LogP contribution in [0.3, 0.4) is 0 Å².